The van der Waals surface area contributed by atoms with Gasteiger partial charge in [0.05, 0.1) is 24.8 Å². The maximum absolute atomic E-state index is 12.8. The van der Waals surface area contributed by atoms with Crippen molar-refractivity contribution in [3.8, 4) is 17.2 Å². The zero-order chi connectivity index (χ0) is 20.3. The third-order valence-corrected chi connectivity index (χ3v) is 5.78. The smallest absolute Gasteiger partial charge is 0.266 e. The second-order valence-electron chi connectivity index (χ2n) is 5.80. The summed E-state index contributed by atoms with van der Waals surface area (Å²) >= 11 is 4.73. The van der Waals surface area contributed by atoms with Crippen LogP contribution in [0.15, 0.2) is 50.8 Å². The molecule has 2 aromatic carbocycles. The van der Waals surface area contributed by atoms with E-state index >= 15 is 0 Å². The van der Waals surface area contributed by atoms with E-state index in [1.165, 1.54) is 18.9 Å². The number of halogens is 1. The van der Waals surface area contributed by atoms with Gasteiger partial charge < -0.3 is 14.6 Å². The summed E-state index contributed by atoms with van der Waals surface area (Å²) in [7, 11) is 3.09. The average molecular weight is 463 g/mol. The molecule has 1 aliphatic heterocycles. The van der Waals surface area contributed by atoms with E-state index in [0.29, 0.717) is 26.8 Å². The third kappa shape index (κ3) is 4.18. The molecule has 6 nitrogen and oxygen atoms in total. The van der Waals surface area contributed by atoms with Crippen LogP contribution in [-0.2, 0) is 4.79 Å². The van der Waals surface area contributed by atoms with Gasteiger partial charge >= 0.3 is 0 Å². The lowest BCUT2D eigenvalue weighted by Crippen LogP contribution is -2.28. The van der Waals surface area contributed by atoms with Gasteiger partial charge in [0.2, 0.25) is 0 Å². The summed E-state index contributed by atoms with van der Waals surface area (Å²) < 4.78 is 11.0. The summed E-state index contributed by atoms with van der Waals surface area (Å²) in [6, 6.07) is 10.6. The summed E-state index contributed by atoms with van der Waals surface area (Å²) in [4.78, 5) is 19.6. The molecule has 28 heavy (non-hydrogen) atoms. The number of phenolic OH excluding ortho intramolecular Hbond substituents is 1. The van der Waals surface area contributed by atoms with Crippen LogP contribution in [-0.4, -0.2) is 41.8 Å². The number of nitrogens with zero attached hydrogens (tertiary/aromatic N) is 2. The fraction of sp³-hybridized carbons (Fsp3) is 0.200. The number of carbonyl (C=O) groups is 1. The number of benzene rings is 2. The van der Waals surface area contributed by atoms with Crippen LogP contribution in [0.25, 0.3) is 6.08 Å². The molecule has 1 N–H and O–H groups in total. The highest BCUT2D eigenvalue weighted by Crippen LogP contribution is 2.38. The van der Waals surface area contributed by atoms with E-state index in [2.05, 4.69) is 20.9 Å². The molecular weight excluding hydrogens is 444 g/mol. The second kappa shape index (κ2) is 8.70. The van der Waals surface area contributed by atoms with Crippen LogP contribution < -0.4 is 9.47 Å². The van der Waals surface area contributed by atoms with E-state index in [4.69, 9.17) is 9.47 Å². The van der Waals surface area contributed by atoms with Crippen LogP contribution in [0, 0.1) is 0 Å². The molecule has 0 aromatic heterocycles. The van der Waals surface area contributed by atoms with Gasteiger partial charge in [-0.1, -0.05) is 15.9 Å². The normalized spacial score (nSPS) is 16.9. The summed E-state index contributed by atoms with van der Waals surface area (Å²) in [5.41, 5.74) is 1.47. The van der Waals surface area contributed by atoms with E-state index in [0.717, 1.165) is 17.0 Å². The lowest BCUT2D eigenvalue weighted by molar-refractivity contribution is -0.122. The predicted octanol–water partition coefficient (Wildman–Crippen LogP) is 4.80. The van der Waals surface area contributed by atoms with Crippen LogP contribution in [0.5, 0.6) is 17.2 Å². The number of ether oxygens (including phenoxy) is 2. The Labute approximate surface area is 176 Å². The summed E-state index contributed by atoms with van der Waals surface area (Å²) in [6.07, 6.45) is 1.76. The lowest BCUT2D eigenvalue weighted by Gasteiger charge is -2.12. The van der Waals surface area contributed by atoms with Crippen molar-refractivity contribution in [3.05, 3.63) is 51.3 Å². The first-order valence-electron chi connectivity index (χ1n) is 8.47. The van der Waals surface area contributed by atoms with Crippen LogP contribution in [0.3, 0.4) is 0 Å². The van der Waals surface area contributed by atoms with Crippen molar-refractivity contribution in [2.75, 3.05) is 20.8 Å². The van der Waals surface area contributed by atoms with E-state index in [1.54, 1.807) is 30.2 Å². The Morgan fingerprint density at radius 2 is 1.93 bits per heavy atom. The number of amides is 1. The number of carbonyl (C=O) groups excluding carboxylic acids is 1. The fourth-order valence-electron chi connectivity index (χ4n) is 2.61. The lowest BCUT2D eigenvalue weighted by atomic mass is 10.2. The van der Waals surface area contributed by atoms with Gasteiger partial charge in [-0.2, -0.15) is 0 Å². The minimum atomic E-state index is -0.112. The quantitative estimate of drug-likeness (QED) is 0.646. The molecule has 0 bridgehead atoms. The van der Waals surface area contributed by atoms with Gasteiger partial charge in [0.25, 0.3) is 5.91 Å². The Kier molecular flexibility index (Phi) is 6.31. The molecule has 0 spiro atoms. The molecule has 0 saturated carbocycles. The summed E-state index contributed by atoms with van der Waals surface area (Å²) in [5.74, 6) is 1.00. The largest absolute Gasteiger partial charge is 0.504 e. The first-order valence-corrected chi connectivity index (χ1v) is 10.1. The number of rotatable bonds is 5. The van der Waals surface area contributed by atoms with Crippen LogP contribution >= 0.6 is 27.7 Å². The van der Waals surface area contributed by atoms with Gasteiger partial charge in [0.1, 0.15) is 5.75 Å². The molecule has 0 unspecified atom stereocenters. The first kappa shape index (κ1) is 20.3. The highest BCUT2D eigenvalue weighted by Gasteiger charge is 2.32. The van der Waals surface area contributed by atoms with Crippen molar-refractivity contribution < 1.29 is 19.4 Å². The number of amidine groups is 1. The molecule has 3 rings (SSSR count). The number of thioether (sulfide) groups is 1. The van der Waals surface area contributed by atoms with E-state index in [9.17, 15) is 9.90 Å². The van der Waals surface area contributed by atoms with Crippen molar-refractivity contribution in [1.29, 1.82) is 0 Å². The molecule has 0 aliphatic carbocycles. The number of likely N-dealkylation sites (N-methyl/N-ethyl adjacent to an activating group) is 1. The monoisotopic (exact) mass is 462 g/mol. The summed E-state index contributed by atoms with van der Waals surface area (Å²) in [6.45, 7) is 2.42. The number of aromatic hydroxyl groups is 1. The van der Waals surface area contributed by atoms with Crippen LogP contribution in [0.2, 0.25) is 0 Å². The van der Waals surface area contributed by atoms with Crippen molar-refractivity contribution in [3.63, 3.8) is 0 Å². The highest BCUT2D eigenvalue weighted by molar-refractivity contribution is 9.10. The van der Waals surface area contributed by atoms with Crippen molar-refractivity contribution in [1.82, 2.24) is 4.90 Å². The number of aliphatic imine (C=N–C) groups is 1. The van der Waals surface area contributed by atoms with Crippen molar-refractivity contribution >= 4 is 50.5 Å². The molecular formula is C20H19BrN2O4S. The fourth-order valence-corrected chi connectivity index (χ4v) is 4.11. The minimum Gasteiger partial charge on any atom is -0.504 e. The molecule has 8 heteroatoms. The Bertz CT molecular complexity index is 957. The molecule has 1 heterocycles. The number of hydrogen-bond acceptors (Lipinski definition) is 6. The van der Waals surface area contributed by atoms with Crippen LogP contribution in [0.1, 0.15) is 12.5 Å². The average Bonchev–Trinajstić information content (AvgIpc) is 2.98. The standard InChI is InChI=1S/C20H19BrN2O4S/c1-4-23-19(25)18(10-12-9-17(27-3)16(24)11-15(12)21)28-20(23)22-13-5-7-14(26-2)8-6-13/h5-11,24H,4H2,1-3H3/b18-10+,22-20?. The molecule has 1 saturated heterocycles. The van der Waals surface area contributed by atoms with E-state index < -0.39 is 0 Å². The number of hydrogen-bond donors (Lipinski definition) is 1. The second-order valence-corrected chi connectivity index (χ2v) is 7.66. The molecule has 1 amide bonds. The Morgan fingerprint density at radius 3 is 2.54 bits per heavy atom. The highest BCUT2D eigenvalue weighted by atomic mass is 79.9. The zero-order valence-corrected chi connectivity index (χ0v) is 18.0. The van der Waals surface area contributed by atoms with Crippen molar-refractivity contribution in [2.24, 2.45) is 4.99 Å². The Hall–Kier alpha value is -2.45. The maximum Gasteiger partial charge on any atom is 0.266 e. The first-order chi connectivity index (χ1) is 13.5. The maximum atomic E-state index is 12.8. The van der Waals surface area contributed by atoms with Gasteiger partial charge in [0.15, 0.2) is 16.7 Å². The number of methoxy groups -OCH3 is 2. The van der Waals surface area contributed by atoms with Gasteiger partial charge in [-0.3, -0.25) is 9.69 Å². The molecule has 1 fully saturated rings. The molecule has 146 valence electrons. The van der Waals surface area contributed by atoms with Crippen molar-refractivity contribution in [2.45, 2.75) is 6.92 Å². The molecule has 1 aliphatic rings. The Balaban J connectivity index is 1.95. The predicted molar refractivity (Wildman–Crippen MR) is 115 cm³/mol. The Morgan fingerprint density at radius 1 is 1.21 bits per heavy atom. The topological polar surface area (TPSA) is 71.4 Å². The SMILES string of the molecule is CCN1C(=O)/C(=C\c2cc(OC)c(O)cc2Br)SC1=Nc1ccc(OC)cc1. The van der Waals surface area contributed by atoms with E-state index in [1.807, 2.05) is 31.2 Å². The van der Waals surface area contributed by atoms with Gasteiger partial charge in [-0.25, -0.2) is 4.99 Å². The van der Waals surface area contributed by atoms with E-state index in [-0.39, 0.29) is 11.7 Å². The third-order valence-electron chi connectivity index (χ3n) is 4.09. The molecule has 0 radical (unpaired) electrons. The van der Waals surface area contributed by atoms with Gasteiger partial charge in [-0.05, 0) is 66.7 Å². The minimum absolute atomic E-state index is 0.0267. The van der Waals surface area contributed by atoms with Crippen LogP contribution in [0.4, 0.5) is 5.69 Å². The van der Waals surface area contributed by atoms with Gasteiger partial charge in [0, 0.05) is 11.0 Å². The number of phenols is 1. The molecule has 0 atom stereocenters. The van der Waals surface area contributed by atoms with Gasteiger partial charge in [-0.15, -0.1) is 0 Å². The molecule has 2 aromatic rings. The zero-order valence-electron chi connectivity index (χ0n) is 15.6. The summed E-state index contributed by atoms with van der Waals surface area (Å²) in [5, 5.41) is 10.5.